The van der Waals surface area contributed by atoms with Crippen LogP contribution in [0, 0.1) is 17.0 Å². The molecule has 0 saturated carbocycles. The van der Waals surface area contributed by atoms with Crippen LogP contribution in [0.2, 0.25) is 0 Å². The van der Waals surface area contributed by atoms with Gasteiger partial charge in [0.25, 0.3) is 0 Å². The van der Waals surface area contributed by atoms with Crippen LogP contribution < -0.4 is 10.1 Å². The van der Waals surface area contributed by atoms with Crippen LogP contribution in [0.4, 0.5) is 0 Å². The quantitative estimate of drug-likeness (QED) is 0.454. The Morgan fingerprint density at radius 1 is 1.46 bits per heavy atom. The summed E-state index contributed by atoms with van der Waals surface area (Å²) in [6, 6.07) is 3.48. The second-order valence-corrected chi connectivity index (χ2v) is 5.37. The maximum atomic E-state index is 11.0. The summed E-state index contributed by atoms with van der Waals surface area (Å²) in [4.78, 5) is 21.6. The molecule has 1 atom stereocenters. The minimum Gasteiger partial charge on any atom is -0.493 e. The van der Waals surface area contributed by atoms with Gasteiger partial charge in [-0.1, -0.05) is 6.07 Å². The summed E-state index contributed by atoms with van der Waals surface area (Å²) in [5, 5.41) is 14.7. The van der Waals surface area contributed by atoms with E-state index in [-0.39, 0.29) is 13.0 Å². The maximum absolute atomic E-state index is 11.0. The number of aryl methyl sites for hydroxylation is 1. The number of benzene rings is 1. The number of aldehydes is 1. The standard InChI is InChI=1S/C17H20N2O5/c1-11-13(6-8-18-2)16-14(12(7-9-20)10-19(21)22)4-5-15(23-3)17(16)24-11/h4-6,8-9,12,18H,7,10H2,1-3H3/b8-6-. The molecule has 2 aromatic rings. The van der Waals surface area contributed by atoms with Crippen LogP contribution >= 0.6 is 0 Å². The largest absolute Gasteiger partial charge is 0.493 e. The summed E-state index contributed by atoms with van der Waals surface area (Å²) >= 11 is 0. The normalized spacial score (nSPS) is 12.5. The molecule has 0 bridgehead atoms. The van der Waals surface area contributed by atoms with Gasteiger partial charge in [0, 0.05) is 29.3 Å². The SMILES string of the molecule is CN/C=C\c1c(C)oc2c(OC)ccc(C(CC=O)C[N+](=O)[O-])c12. The average Bonchev–Trinajstić information content (AvgIpc) is 2.87. The van der Waals surface area contributed by atoms with Gasteiger partial charge in [0.1, 0.15) is 12.0 Å². The molecule has 128 valence electrons. The van der Waals surface area contributed by atoms with Crippen molar-refractivity contribution >= 4 is 23.3 Å². The van der Waals surface area contributed by atoms with Crippen LogP contribution in [-0.2, 0) is 4.79 Å². The molecule has 0 amide bonds. The first-order valence-corrected chi connectivity index (χ1v) is 7.52. The summed E-state index contributed by atoms with van der Waals surface area (Å²) in [5.74, 6) is 0.699. The molecule has 0 aliphatic rings. The van der Waals surface area contributed by atoms with Gasteiger partial charge in [-0.05, 0) is 30.8 Å². The van der Waals surface area contributed by atoms with E-state index in [4.69, 9.17) is 9.15 Å². The van der Waals surface area contributed by atoms with Crippen molar-refractivity contribution in [1.29, 1.82) is 0 Å². The summed E-state index contributed by atoms with van der Waals surface area (Å²) in [6.45, 7) is 1.50. The summed E-state index contributed by atoms with van der Waals surface area (Å²) in [7, 11) is 3.31. The van der Waals surface area contributed by atoms with Crippen LogP contribution in [0.15, 0.2) is 22.7 Å². The number of carbonyl (C=O) groups excluding carboxylic acids is 1. The Balaban J connectivity index is 2.74. The van der Waals surface area contributed by atoms with E-state index < -0.39 is 10.8 Å². The van der Waals surface area contributed by atoms with Gasteiger partial charge in [-0.3, -0.25) is 10.1 Å². The van der Waals surface area contributed by atoms with Crippen LogP contribution in [0.3, 0.4) is 0 Å². The van der Waals surface area contributed by atoms with E-state index in [1.165, 1.54) is 7.11 Å². The lowest BCUT2D eigenvalue weighted by Crippen LogP contribution is -2.13. The molecule has 0 radical (unpaired) electrons. The van der Waals surface area contributed by atoms with Crippen LogP contribution in [-0.4, -0.2) is 31.9 Å². The molecular weight excluding hydrogens is 312 g/mol. The monoisotopic (exact) mass is 332 g/mol. The van der Waals surface area contributed by atoms with Gasteiger partial charge in [-0.15, -0.1) is 0 Å². The number of ether oxygens (including phenoxy) is 1. The minimum absolute atomic E-state index is 0.0712. The van der Waals surface area contributed by atoms with E-state index in [2.05, 4.69) is 5.32 Å². The van der Waals surface area contributed by atoms with Gasteiger partial charge in [0.15, 0.2) is 11.3 Å². The molecule has 24 heavy (non-hydrogen) atoms. The maximum Gasteiger partial charge on any atom is 0.211 e. The molecule has 0 aliphatic carbocycles. The highest BCUT2D eigenvalue weighted by molar-refractivity contribution is 5.95. The predicted octanol–water partition coefficient (Wildman–Crippen LogP) is 2.89. The second kappa shape index (κ2) is 7.63. The van der Waals surface area contributed by atoms with E-state index in [0.717, 1.165) is 10.9 Å². The Hall–Kier alpha value is -2.83. The molecule has 1 N–H and O–H groups in total. The zero-order valence-corrected chi connectivity index (χ0v) is 13.9. The van der Waals surface area contributed by atoms with Crippen molar-refractivity contribution in [2.24, 2.45) is 0 Å². The third-order valence-electron chi connectivity index (χ3n) is 3.88. The lowest BCUT2D eigenvalue weighted by atomic mass is 9.91. The van der Waals surface area contributed by atoms with E-state index >= 15 is 0 Å². The number of nitro groups is 1. The molecule has 1 aromatic carbocycles. The molecule has 0 spiro atoms. The number of fused-ring (bicyclic) bond motifs is 1. The van der Waals surface area contributed by atoms with Crippen LogP contribution in [0.5, 0.6) is 5.75 Å². The number of methoxy groups -OCH3 is 1. The van der Waals surface area contributed by atoms with Gasteiger partial charge in [0.05, 0.1) is 13.0 Å². The first-order valence-electron chi connectivity index (χ1n) is 7.52. The Labute approximate surface area is 139 Å². The summed E-state index contributed by atoms with van der Waals surface area (Å²) in [5.41, 5.74) is 2.05. The highest BCUT2D eigenvalue weighted by Crippen LogP contribution is 2.39. The first kappa shape index (κ1) is 17.5. The third-order valence-corrected chi connectivity index (χ3v) is 3.88. The lowest BCUT2D eigenvalue weighted by Gasteiger charge is -2.13. The minimum atomic E-state index is -0.523. The van der Waals surface area contributed by atoms with Gasteiger partial charge in [0.2, 0.25) is 6.54 Å². The van der Waals surface area contributed by atoms with Crippen molar-refractivity contribution in [3.8, 4) is 5.75 Å². The average molecular weight is 332 g/mol. The molecule has 2 rings (SSSR count). The van der Waals surface area contributed by atoms with Crippen molar-refractivity contribution in [3.63, 3.8) is 0 Å². The zero-order valence-electron chi connectivity index (χ0n) is 13.9. The fourth-order valence-corrected chi connectivity index (χ4v) is 2.81. The Kier molecular flexibility index (Phi) is 5.57. The second-order valence-electron chi connectivity index (χ2n) is 5.37. The van der Waals surface area contributed by atoms with Crippen LogP contribution in [0.25, 0.3) is 17.0 Å². The predicted molar refractivity (Wildman–Crippen MR) is 90.9 cm³/mol. The zero-order chi connectivity index (χ0) is 17.7. The number of hydrogen-bond donors (Lipinski definition) is 1. The summed E-state index contributed by atoms with van der Waals surface area (Å²) < 4.78 is 11.2. The molecule has 1 heterocycles. The van der Waals surface area contributed by atoms with Crippen molar-refractivity contribution in [2.75, 3.05) is 20.7 Å². The van der Waals surface area contributed by atoms with Gasteiger partial charge in [-0.2, -0.15) is 0 Å². The lowest BCUT2D eigenvalue weighted by molar-refractivity contribution is -0.483. The Morgan fingerprint density at radius 2 is 2.21 bits per heavy atom. The molecule has 7 nitrogen and oxygen atoms in total. The van der Waals surface area contributed by atoms with Crippen LogP contribution in [0.1, 0.15) is 29.2 Å². The van der Waals surface area contributed by atoms with Crippen molar-refractivity contribution < 1.29 is 18.9 Å². The van der Waals surface area contributed by atoms with Crippen molar-refractivity contribution in [1.82, 2.24) is 5.32 Å². The third kappa shape index (κ3) is 3.40. The number of rotatable bonds is 8. The highest BCUT2D eigenvalue weighted by atomic mass is 16.6. The fourth-order valence-electron chi connectivity index (χ4n) is 2.81. The first-order chi connectivity index (χ1) is 11.5. The molecule has 1 aromatic heterocycles. The highest BCUT2D eigenvalue weighted by Gasteiger charge is 2.25. The Morgan fingerprint density at radius 3 is 2.79 bits per heavy atom. The number of furan rings is 1. The van der Waals surface area contributed by atoms with E-state index in [9.17, 15) is 14.9 Å². The number of hydrogen-bond acceptors (Lipinski definition) is 6. The number of nitrogens with zero attached hydrogens (tertiary/aromatic N) is 1. The topological polar surface area (TPSA) is 94.6 Å². The number of carbonyl (C=O) groups is 1. The van der Waals surface area contributed by atoms with E-state index in [1.807, 2.05) is 13.0 Å². The number of nitrogens with one attached hydrogen (secondary N) is 1. The molecule has 0 saturated heterocycles. The van der Waals surface area contributed by atoms with Gasteiger partial charge < -0.3 is 19.3 Å². The fraction of sp³-hybridized carbons (Fsp3) is 0.353. The molecule has 7 heteroatoms. The van der Waals surface area contributed by atoms with Crippen molar-refractivity contribution in [3.05, 3.63) is 45.3 Å². The van der Waals surface area contributed by atoms with Gasteiger partial charge in [-0.25, -0.2) is 0 Å². The van der Waals surface area contributed by atoms with E-state index in [0.29, 0.717) is 28.9 Å². The van der Waals surface area contributed by atoms with Crippen molar-refractivity contribution in [2.45, 2.75) is 19.3 Å². The molecular formula is C17H20N2O5. The summed E-state index contributed by atoms with van der Waals surface area (Å²) in [6.07, 6.45) is 4.37. The Bertz CT molecular complexity index is 779. The molecule has 0 aliphatic heterocycles. The molecule has 1 unspecified atom stereocenters. The molecule has 0 fully saturated rings. The van der Waals surface area contributed by atoms with Gasteiger partial charge >= 0.3 is 0 Å². The van der Waals surface area contributed by atoms with E-state index in [1.54, 1.807) is 25.4 Å². The smallest absolute Gasteiger partial charge is 0.211 e.